The Hall–Kier alpha value is -0.680. The largest absolute Gasteiger partial charge is 0.506 e. The van der Waals surface area contributed by atoms with Crippen molar-refractivity contribution < 1.29 is 5.11 Å². The van der Waals surface area contributed by atoms with Crippen molar-refractivity contribution in [3.05, 3.63) is 51.7 Å². The summed E-state index contributed by atoms with van der Waals surface area (Å²) in [5.74, 6) is 0.133. The predicted octanol–water partition coefficient (Wildman–Crippen LogP) is 2.68. The van der Waals surface area contributed by atoms with E-state index in [4.69, 9.17) is 22.4 Å². The number of nitrogens with two attached hydrogens (primary N) is 1. The molecule has 1 aliphatic heterocycles. The maximum atomic E-state index is 8.79. The second kappa shape index (κ2) is 12.7. The number of nitrogens with one attached hydrogen (secondary N) is 2. The summed E-state index contributed by atoms with van der Waals surface area (Å²) in [4.78, 5) is 1.25. The minimum Gasteiger partial charge on any atom is -0.506 e. The number of aromatic hydroxyl groups is 1. The number of hydrogen-bond acceptors (Lipinski definition) is 5. The molecule has 7 heteroatoms. The lowest BCUT2D eigenvalue weighted by Gasteiger charge is -2.22. The van der Waals surface area contributed by atoms with Crippen molar-refractivity contribution in [2.75, 3.05) is 25.8 Å². The highest BCUT2D eigenvalue weighted by atomic mass is 35.5. The van der Waals surface area contributed by atoms with Gasteiger partial charge in [0.1, 0.15) is 5.75 Å². The van der Waals surface area contributed by atoms with Gasteiger partial charge in [-0.1, -0.05) is 29.8 Å². The van der Waals surface area contributed by atoms with E-state index in [0.717, 1.165) is 25.8 Å². The molecule has 0 radical (unpaired) electrons. The average molecular weight is 374 g/mol. The van der Waals surface area contributed by atoms with Crippen LogP contribution < -0.4 is 16.4 Å². The Labute approximate surface area is 149 Å². The molecular formula is C16H25ClN3OPS. The number of phenols is 1. The second-order valence-corrected chi connectivity index (χ2v) is 6.74. The van der Waals surface area contributed by atoms with E-state index in [1.165, 1.54) is 4.88 Å². The van der Waals surface area contributed by atoms with Gasteiger partial charge in [-0.3, -0.25) is 0 Å². The topological polar surface area (TPSA) is 70.3 Å². The lowest BCUT2D eigenvalue weighted by Crippen LogP contribution is -2.49. The van der Waals surface area contributed by atoms with Gasteiger partial charge in [-0.05, 0) is 29.7 Å². The van der Waals surface area contributed by atoms with Crippen molar-refractivity contribution in [3.8, 4) is 5.75 Å². The fourth-order valence-electron chi connectivity index (χ4n) is 1.76. The van der Waals surface area contributed by atoms with Gasteiger partial charge in [0.15, 0.2) is 0 Å². The predicted molar refractivity (Wildman–Crippen MR) is 105 cm³/mol. The van der Waals surface area contributed by atoms with Crippen LogP contribution in [0.15, 0.2) is 41.8 Å². The molecule has 0 aliphatic carbocycles. The summed E-state index contributed by atoms with van der Waals surface area (Å²) >= 11 is 7.16. The molecule has 1 aromatic heterocycles. The van der Waals surface area contributed by atoms with Gasteiger partial charge in [0, 0.05) is 37.1 Å². The monoisotopic (exact) mass is 373 g/mol. The Morgan fingerprint density at radius 3 is 2.39 bits per heavy atom. The number of rotatable bonds is 2. The number of piperazine rings is 1. The third kappa shape index (κ3) is 9.26. The van der Waals surface area contributed by atoms with E-state index in [0.29, 0.717) is 17.6 Å². The summed E-state index contributed by atoms with van der Waals surface area (Å²) in [6, 6.07) is 11.4. The molecule has 1 unspecified atom stereocenters. The number of halogens is 1. The highest BCUT2D eigenvalue weighted by Gasteiger charge is 2.07. The standard InChI is InChI=1S/C6H5ClO.C5H13N2P.C5H7NS/c7-5-3-1-2-4-6(5)8;8-4-5-3-6-1-2-7-5;6-4-5-2-1-3-7-5/h1-4,8H;5-7H,1-4,8H2;1-3H,4,6H2/t;5-;/m.0./s1. The van der Waals surface area contributed by atoms with Crippen LogP contribution in [-0.4, -0.2) is 36.9 Å². The fraction of sp³-hybridized carbons (Fsp3) is 0.375. The fourth-order valence-corrected chi connectivity index (χ4v) is 2.81. The molecule has 3 rings (SSSR count). The molecule has 2 heterocycles. The third-order valence-corrected chi connectivity index (χ3v) is 4.83. The van der Waals surface area contributed by atoms with Gasteiger partial charge in [-0.15, -0.1) is 20.6 Å². The molecule has 0 amide bonds. The van der Waals surface area contributed by atoms with Gasteiger partial charge >= 0.3 is 0 Å². The summed E-state index contributed by atoms with van der Waals surface area (Å²) < 4.78 is 0. The molecule has 2 aromatic rings. The average Bonchev–Trinajstić information content (AvgIpc) is 3.13. The van der Waals surface area contributed by atoms with E-state index in [-0.39, 0.29) is 5.75 Å². The first kappa shape index (κ1) is 20.4. The first-order valence-electron chi connectivity index (χ1n) is 7.47. The molecule has 5 N–H and O–H groups in total. The van der Waals surface area contributed by atoms with Gasteiger partial charge < -0.3 is 21.5 Å². The SMILES string of the molecule is NCc1cccs1.Oc1ccccc1Cl.PC[C@@H]1CNCCN1. The molecule has 0 bridgehead atoms. The summed E-state index contributed by atoms with van der Waals surface area (Å²) in [6.07, 6.45) is 1.16. The Morgan fingerprint density at radius 1 is 1.26 bits per heavy atom. The van der Waals surface area contributed by atoms with Crippen LogP contribution in [0, 0.1) is 0 Å². The third-order valence-electron chi connectivity index (χ3n) is 3.04. The minimum atomic E-state index is 0.133. The molecule has 4 nitrogen and oxygen atoms in total. The van der Waals surface area contributed by atoms with Gasteiger partial charge in [0.2, 0.25) is 0 Å². The van der Waals surface area contributed by atoms with Crippen LogP contribution in [0.4, 0.5) is 0 Å². The number of thiophene rings is 1. The Morgan fingerprint density at radius 2 is 2.04 bits per heavy atom. The van der Waals surface area contributed by atoms with E-state index in [1.807, 2.05) is 17.5 Å². The van der Waals surface area contributed by atoms with E-state index < -0.39 is 0 Å². The highest BCUT2D eigenvalue weighted by Crippen LogP contribution is 2.20. The first-order valence-corrected chi connectivity index (χ1v) is 9.55. The van der Waals surface area contributed by atoms with Gasteiger partial charge in [-0.2, -0.15) is 0 Å². The van der Waals surface area contributed by atoms with Gasteiger partial charge in [0.05, 0.1) is 5.02 Å². The van der Waals surface area contributed by atoms with E-state index in [1.54, 1.807) is 35.6 Å². The van der Waals surface area contributed by atoms with E-state index >= 15 is 0 Å². The van der Waals surface area contributed by atoms with Crippen molar-refractivity contribution in [2.45, 2.75) is 12.6 Å². The van der Waals surface area contributed by atoms with Gasteiger partial charge in [-0.25, -0.2) is 0 Å². The number of para-hydroxylation sites is 1. The van der Waals surface area contributed by atoms with E-state index in [9.17, 15) is 0 Å². The lowest BCUT2D eigenvalue weighted by atomic mass is 10.3. The van der Waals surface area contributed by atoms with Crippen LogP contribution in [0.3, 0.4) is 0 Å². The number of benzene rings is 1. The maximum Gasteiger partial charge on any atom is 0.134 e. The summed E-state index contributed by atoms with van der Waals surface area (Å²) in [5.41, 5.74) is 5.30. The summed E-state index contributed by atoms with van der Waals surface area (Å²) in [6.45, 7) is 4.06. The van der Waals surface area contributed by atoms with Crippen LogP contribution in [0.2, 0.25) is 5.02 Å². The molecule has 1 fully saturated rings. The quantitative estimate of drug-likeness (QED) is 0.611. The normalized spacial score (nSPS) is 16.6. The number of phenolic OH excluding ortho intramolecular Hbond substituents is 1. The lowest BCUT2D eigenvalue weighted by molar-refractivity contribution is 0.447. The van der Waals surface area contributed by atoms with Crippen molar-refractivity contribution in [1.29, 1.82) is 0 Å². The van der Waals surface area contributed by atoms with Crippen molar-refractivity contribution in [1.82, 2.24) is 10.6 Å². The maximum absolute atomic E-state index is 8.79. The van der Waals surface area contributed by atoms with Crippen LogP contribution in [0.5, 0.6) is 5.75 Å². The molecule has 2 atom stereocenters. The Kier molecular flexibility index (Phi) is 11.3. The molecule has 23 heavy (non-hydrogen) atoms. The molecule has 1 saturated heterocycles. The minimum absolute atomic E-state index is 0.133. The Balaban J connectivity index is 0.000000173. The molecular weight excluding hydrogens is 349 g/mol. The van der Waals surface area contributed by atoms with E-state index in [2.05, 4.69) is 19.9 Å². The highest BCUT2D eigenvalue weighted by molar-refractivity contribution is 7.16. The molecule has 128 valence electrons. The van der Waals surface area contributed by atoms with Crippen molar-refractivity contribution in [2.24, 2.45) is 5.73 Å². The van der Waals surface area contributed by atoms with Crippen LogP contribution in [-0.2, 0) is 6.54 Å². The zero-order chi connectivity index (χ0) is 16.9. The molecule has 0 saturated carbocycles. The van der Waals surface area contributed by atoms with Crippen LogP contribution >= 0.6 is 32.2 Å². The first-order chi connectivity index (χ1) is 11.2. The smallest absolute Gasteiger partial charge is 0.134 e. The Bertz CT molecular complexity index is 501. The second-order valence-electron chi connectivity index (χ2n) is 4.83. The van der Waals surface area contributed by atoms with Crippen molar-refractivity contribution >= 4 is 32.2 Å². The summed E-state index contributed by atoms with van der Waals surface area (Å²) in [7, 11) is 2.74. The van der Waals surface area contributed by atoms with Gasteiger partial charge in [0.25, 0.3) is 0 Å². The molecule has 0 spiro atoms. The summed E-state index contributed by atoms with van der Waals surface area (Å²) in [5, 5.41) is 17.9. The van der Waals surface area contributed by atoms with Crippen molar-refractivity contribution in [3.63, 3.8) is 0 Å². The molecule has 1 aliphatic rings. The molecule has 1 aromatic carbocycles. The van der Waals surface area contributed by atoms with Crippen LogP contribution in [0.1, 0.15) is 4.88 Å². The zero-order valence-electron chi connectivity index (χ0n) is 13.0. The zero-order valence-corrected chi connectivity index (χ0v) is 15.8. The number of hydrogen-bond donors (Lipinski definition) is 4. The van der Waals surface area contributed by atoms with Crippen LogP contribution in [0.25, 0.3) is 0 Å².